The summed E-state index contributed by atoms with van der Waals surface area (Å²) >= 11 is 5.98. The SMILES string of the molecule is CCC1CCC(C)N1c1ccc(Cl)cc1CO. The lowest BCUT2D eigenvalue weighted by Gasteiger charge is -2.32. The van der Waals surface area contributed by atoms with E-state index < -0.39 is 0 Å². The highest BCUT2D eigenvalue weighted by Gasteiger charge is 2.30. The molecule has 1 aromatic carbocycles. The monoisotopic (exact) mass is 253 g/mol. The van der Waals surface area contributed by atoms with Crippen LogP contribution in [0.3, 0.4) is 0 Å². The van der Waals surface area contributed by atoms with Gasteiger partial charge in [-0.25, -0.2) is 0 Å². The van der Waals surface area contributed by atoms with Gasteiger partial charge >= 0.3 is 0 Å². The van der Waals surface area contributed by atoms with Gasteiger partial charge in [-0.2, -0.15) is 0 Å². The molecule has 0 aromatic heterocycles. The van der Waals surface area contributed by atoms with Gasteiger partial charge in [-0.15, -0.1) is 0 Å². The predicted molar refractivity (Wildman–Crippen MR) is 72.6 cm³/mol. The van der Waals surface area contributed by atoms with Gasteiger partial charge in [0.25, 0.3) is 0 Å². The van der Waals surface area contributed by atoms with Gasteiger partial charge in [-0.1, -0.05) is 18.5 Å². The molecule has 0 spiro atoms. The van der Waals surface area contributed by atoms with E-state index in [0.717, 1.165) is 17.7 Å². The van der Waals surface area contributed by atoms with Crippen LogP contribution >= 0.6 is 11.6 Å². The first-order valence-electron chi connectivity index (χ1n) is 6.35. The zero-order valence-corrected chi connectivity index (χ0v) is 11.2. The van der Waals surface area contributed by atoms with Crippen LogP contribution in [0.15, 0.2) is 18.2 Å². The number of aliphatic hydroxyl groups excluding tert-OH is 1. The molecule has 1 heterocycles. The average molecular weight is 254 g/mol. The fourth-order valence-corrected chi connectivity index (χ4v) is 3.03. The van der Waals surface area contributed by atoms with Crippen molar-refractivity contribution in [3.8, 4) is 0 Å². The summed E-state index contributed by atoms with van der Waals surface area (Å²) < 4.78 is 0. The number of aliphatic hydroxyl groups is 1. The molecule has 1 fully saturated rings. The molecule has 0 bridgehead atoms. The van der Waals surface area contributed by atoms with E-state index in [2.05, 4.69) is 18.7 Å². The molecule has 17 heavy (non-hydrogen) atoms. The minimum Gasteiger partial charge on any atom is -0.392 e. The van der Waals surface area contributed by atoms with Crippen molar-refractivity contribution >= 4 is 17.3 Å². The Labute approximate surface area is 108 Å². The fraction of sp³-hybridized carbons (Fsp3) is 0.571. The number of hydrogen-bond donors (Lipinski definition) is 1. The van der Waals surface area contributed by atoms with Gasteiger partial charge in [0.1, 0.15) is 0 Å². The number of nitrogens with zero attached hydrogens (tertiary/aromatic N) is 1. The van der Waals surface area contributed by atoms with Crippen molar-refractivity contribution in [1.82, 2.24) is 0 Å². The second-order valence-electron chi connectivity index (χ2n) is 4.83. The molecular formula is C14H20ClNO. The van der Waals surface area contributed by atoms with E-state index in [4.69, 9.17) is 11.6 Å². The lowest BCUT2D eigenvalue weighted by atomic mass is 10.1. The van der Waals surface area contributed by atoms with Crippen LogP contribution in [0.1, 0.15) is 38.7 Å². The molecule has 94 valence electrons. The highest BCUT2D eigenvalue weighted by molar-refractivity contribution is 6.30. The number of halogens is 1. The average Bonchev–Trinajstić information content (AvgIpc) is 2.70. The minimum atomic E-state index is 0.0511. The molecule has 1 aromatic rings. The van der Waals surface area contributed by atoms with Crippen LogP contribution in [0.5, 0.6) is 0 Å². The van der Waals surface area contributed by atoms with Crippen LogP contribution in [0.4, 0.5) is 5.69 Å². The molecule has 0 radical (unpaired) electrons. The zero-order chi connectivity index (χ0) is 12.4. The lowest BCUT2D eigenvalue weighted by Crippen LogP contribution is -2.34. The summed E-state index contributed by atoms with van der Waals surface area (Å²) in [5.41, 5.74) is 2.08. The molecule has 0 saturated carbocycles. The van der Waals surface area contributed by atoms with Gasteiger partial charge < -0.3 is 10.0 Å². The Balaban J connectivity index is 2.38. The molecule has 2 rings (SSSR count). The van der Waals surface area contributed by atoms with E-state index in [1.165, 1.54) is 12.8 Å². The Bertz CT molecular complexity index is 394. The summed E-state index contributed by atoms with van der Waals surface area (Å²) in [5.74, 6) is 0. The standard InChI is InChI=1S/C14H20ClNO/c1-3-13-6-4-10(2)16(13)14-7-5-12(15)8-11(14)9-17/h5,7-8,10,13,17H,3-4,6,9H2,1-2H3. The molecular weight excluding hydrogens is 234 g/mol. The number of anilines is 1. The van der Waals surface area contributed by atoms with Crippen molar-refractivity contribution in [2.75, 3.05) is 4.90 Å². The third-order valence-corrected chi connectivity index (χ3v) is 3.98. The first kappa shape index (κ1) is 12.7. The first-order chi connectivity index (χ1) is 8.17. The largest absolute Gasteiger partial charge is 0.392 e. The van der Waals surface area contributed by atoms with E-state index in [1.54, 1.807) is 0 Å². The van der Waals surface area contributed by atoms with Gasteiger partial charge in [-0.3, -0.25) is 0 Å². The van der Waals surface area contributed by atoms with Gasteiger partial charge in [0.15, 0.2) is 0 Å². The summed E-state index contributed by atoms with van der Waals surface area (Å²) in [6, 6.07) is 6.96. The van der Waals surface area contributed by atoms with Crippen molar-refractivity contribution < 1.29 is 5.11 Å². The molecule has 0 amide bonds. The summed E-state index contributed by atoms with van der Waals surface area (Å²) in [6.45, 7) is 4.53. The predicted octanol–water partition coefficient (Wildman–Crippen LogP) is 3.60. The van der Waals surface area contributed by atoms with E-state index in [1.807, 2.05) is 18.2 Å². The van der Waals surface area contributed by atoms with Gasteiger partial charge in [-0.05, 0) is 44.4 Å². The van der Waals surface area contributed by atoms with Gasteiger partial charge in [0.2, 0.25) is 0 Å². The number of hydrogen-bond acceptors (Lipinski definition) is 2. The molecule has 1 aliphatic rings. The van der Waals surface area contributed by atoms with Crippen molar-refractivity contribution in [3.05, 3.63) is 28.8 Å². The molecule has 1 N–H and O–H groups in total. The Morgan fingerprint density at radius 1 is 1.41 bits per heavy atom. The number of rotatable bonds is 3. The summed E-state index contributed by atoms with van der Waals surface area (Å²) in [5, 5.41) is 10.2. The van der Waals surface area contributed by atoms with Crippen LogP contribution in [-0.4, -0.2) is 17.2 Å². The highest BCUT2D eigenvalue weighted by Crippen LogP contribution is 2.35. The smallest absolute Gasteiger partial charge is 0.0702 e. The van der Waals surface area contributed by atoms with Crippen LogP contribution in [0.25, 0.3) is 0 Å². The molecule has 1 aliphatic heterocycles. The van der Waals surface area contributed by atoms with Crippen LogP contribution in [0.2, 0.25) is 5.02 Å². The fourth-order valence-electron chi connectivity index (χ4n) is 2.84. The Morgan fingerprint density at radius 2 is 2.18 bits per heavy atom. The first-order valence-corrected chi connectivity index (χ1v) is 6.72. The summed E-state index contributed by atoms with van der Waals surface area (Å²) in [7, 11) is 0. The third-order valence-electron chi connectivity index (χ3n) is 3.75. The molecule has 3 heteroatoms. The minimum absolute atomic E-state index is 0.0511. The van der Waals surface area contributed by atoms with Crippen LogP contribution in [-0.2, 0) is 6.61 Å². The molecule has 0 aliphatic carbocycles. The van der Waals surface area contributed by atoms with Crippen molar-refractivity contribution in [2.24, 2.45) is 0 Å². The van der Waals surface area contributed by atoms with Gasteiger partial charge in [0.05, 0.1) is 6.61 Å². The van der Waals surface area contributed by atoms with Crippen molar-refractivity contribution in [3.63, 3.8) is 0 Å². The van der Waals surface area contributed by atoms with Crippen LogP contribution < -0.4 is 4.90 Å². The zero-order valence-electron chi connectivity index (χ0n) is 10.5. The topological polar surface area (TPSA) is 23.5 Å². The second-order valence-corrected chi connectivity index (χ2v) is 5.26. The Morgan fingerprint density at radius 3 is 2.82 bits per heavy atom. The van der Waals surface area contributed by atoms with E-state index in [9.17, 15) is 5.11 Å². The Kier molecular flexibility index (Phi) is 3.95. The van der Waals surface area contributed by atoms with Crippen LogP contribution in [0, 0.1) is 0 Å². The van der Waals surface area contributed by atoms with E-state index >= 15 is 0 Å². The maximum Gasteiger partial charge on any atom is 0.0702 e. The highest BCUT2D eigenvalue weighted by atomic mass is 35.5. The second kappa shape index (κ2) is 5.28. The molecule has 2 atom stereocenters. The third kappa shape index (κ3) is 2.43. The maximum absolute atomic E-state index is 9.46. The van der Waals surface area contributed by atoms with Crippen molar-refractivity contribution in [2.45, 2.75) is 51.8 Å². The molecule has 1 saturated heterocycles. The lowest BCUT2D eigenvalue weighted by molar-refractivity contribution is 0.282. The maximum atomic E-state index is 9.46. The molecule has 2 unspecified atom stereocenters. The van der Waals surface area contributed by atoms with Gasteiger partial charge in [0, 0.05) is 28.4 Å². The number of benzene rings is 1. The Hall–Kier alpha value is -0.730. The summed E-state index contributed by atoms with van der Waals surface area (Å²) in [6.07, 6.45) is 3.62. The quantitative estimate of drug-likeness (QED) is 0.890. The van der Waals surface area contributed by atoms with Crippen molar-refractivity contribution in [1.29, 1.82) is 0 Å². The van der Waals surface area contributed by atoms with E-state index in [-0.39, 0.29) is 6.61 Å². The normalized spacial score (nSPS) is 24.4. The molecule has 2 nitrogen and oxygen atoms in total. The van der Waals surface area contributed by atoms with E-state index in [0.29, 0.717) is 17.1 Å². The summed E-state index contributed by atoms with van der Waals surface area (Å²) in [4.78, 5) is 2.45.